The standard InChI is InChI=1S/C14H29IOSi/c1-6-7-8-9-13(10-11-15)16-12-14(2,3)17(4)5/h10-11,13,17H,6-9,12H2,1-5H3/b11-10+/t13-/m0/s1. The van der Waals surface area contributed by atoms with Crippen LogP contribution >= 0.6 is 22.6 Å². The molecule has 102 valence electrons. The lowest BCUT2D eigenvalue weighted by Gasteiger charge is -2.29. The minimum Gasteiger partial charge on any atom is -0.374 e. The SMILES string of the molecule is CCCCC[C@@H](/C=C/I)OCC(C)(C)[SiH](C)C. The summed E-state index contributed by atoms with van der Waals surface area (Å²) in [5.41, 5.74) is 0. The van der Waals surface area contributed by atoms with Gasteiger partial charge < -0.3 is 4.74 Å². The van der Waals surface area contributed by atoms with Crippen molar-refractivity contribution in [3.05, 3.63) is 10.2 Å². The number of hydrogen-bond donors (Lipinski definition) is 0. The number of ether oxygens (including phenoxy) is 1. The Morgan fingerprint density at radius 1 is 1.29 bits per heavy atom. The molecule has 0 saturated carbocycles. The molecule has 0 saturated heterocycles. The highest BCUT2D eigenvalue weighted by Crippen LogP contribution is 2.29. The van der Waals surface area contributed by atoms with Gasteiger partial charge >= 0.3 is 0 Å². The monoisotopic (exact) mass is 368 g/mol. The summed E-state index contributed by atoms with van der Waals surface area (Å²) in [4.78, 5) is 0. The molecule has 0 spiro atoms. The molecule has 0 aliphatic carbocycles. The minimum atomic E-state index is -0.643. The van der Waals surface area contributed by atoms with Gasteiger partial charge in [0.05, 0.1) is 6.10 Å². The molecule has 0 bridgehead atoms. The average Bonchev–Trinajstić information content (AvgIpc) is 2.26. The third-order valence-electron chi connectivity index (χ3n) is 3.61. The summed E-state index contributed by atoms with van der Waals surface area (Å²) >= 11 is 2.29. The molecule has 0 aromatic heterocycles. The molecular formula is C14H29IOSi. The molecular weight excluding hydrogens is 339 g/mol. The Kier molecular flexibility index (Phi) is 9.92. The average molecular weight is 368 g/mol. The quantitative estimate of drug-likeness (QED) is 0.310. The van der Waals surface area contributed by atoms with Crippen LogP contribution in [0.3, 0.4) is 0 Å². The van der Waals surface area contributed by atoms with E-state index in [9.17, 15) is 0 Å². The molecule has 0 radical (unpaired) electrons. The Bertz CT molecular complexity index is 214. The second-order valence-corrected chi connectivity index (χ2v) is 10.4. The van der Waals surface area contributed by atoms with E-state index in [1.807, 2.05) is 0 Å². The third kappa shape index (κ3) is 8.38. The van der Waals surface area contributed by atoms with Gasteiger partial charge in [-0.25, -0.2) is 0 Å². The lowest BCUT2D eigenvalue weighted by Crippen LogP contribution is -2.28. The second-order valence-electron chi connectivity index (χ2n) is 5.81. The molecule has 0 aliphatic rings. The highest BCUT2D eigenvalue weighted by Gasteiger charge is 2.24. The van der Waals surface area contributed by atoms with E-state index in [2.05, 4.69) is 66.6 Å². The molecule has 3 heteroatoms. The second kappa shape index (κ2) is 9.56. The molecule has 17 heavy (non-hydrogen) atoms. The highest BCUT2D eigenvalue weighted by atomic mass is 127. The van der Waals surface area contributed by atoms with Crippen LogP contribution in [0, 0.1) is 0 Å². The van der Waals surface area contributed by atoms with Crippen LogP contribution in [0.5, 0.6) is 0 Å². The van der Waals surface area contributed by atoms with E-state index in [-0.39, 0.29) is 0 Å². The van der Waals surface area contributed by atoms with Crippen molar-refractivity contribution in [1.82, 2.24) is 0 Å². The van der Waals surface area contributed by atoms with Crippen molar-refractivity contribution in [2.75, 3.05) is 6.61 Å². The molecule has 0 fully saturated rings. The smallest absolute Gasteiger partial charge is 0.0763 e. The number of unbranched alkanes of at least 4 members (excludes halogenated alkanes) is 2. The van der Waals surface area contributed by atoms with Gasteiger partial charge in [-0.3, -0.25) is 0 Å². The minimum absolute atomic E-state index is 0.325. The Morgan fingerprint density at radius 2 is 1.94 bits per heavy atom. The summed E-state index contributed by atoms with van der Waals surface area (Å²) in [6.07, 6.45) is 7.58. The Balaban J connectivity index is 4.08. The molecule has 0 aromatic rings. The zero-order valence-corrected chi connectivity index (χ0v) is 15.4. The normalized spacial score (nSPS) is 14.8. The Morgan fingerprint density at radius 3 is 2.41 bits per heavy atom. The number of hydrogen-bond acceptors (Lipinski definition) is 1. The van der Waals surface area contributed by atoms with Crippen LogP contribution < -0.4 is 0 Å². The van der Waals surface area contributed by atoms with Gasteiger partial charge in [-0.15, -0.1) is 0 Å². The van der Waals surface area contributed by atoms with Crippen molar-refractivity contribution >= 4 is 31.4 Å². The van der Waals surface area contributed by atoms with Crippen LogP contribution in [0.25, 0.3) is 0 Å². The molecule has 1 atom stereocenters. The highest BCUT2D eigenvalue weighted by molar-refractivity contribution is 14.1. The fourth-order valence-electron chi connectivity index (χ4n) is 1.40. The summed E-state index contributed by atoms with van der Waals surface area (Å²) in [5.74, 6) is 0. The van der Waals surface area contributed by atoms with E-state index < -0.39 is 8.80 Å². The third-order valence-corrected chi connectivity index (χ3v) is 7.32. The van der Waals surface area contributed by atoms with Gasteiger partial charge in [-0.2, -0.15) is 0 Å². The van der Waals surface area contributed by atoms with Crippen molar-refractivity contribution in [3.63, 3.8) is 0 Å². The summed E-state index contributed by atoms with van der Waals surface area (Å²) in [6.45, 7) is 12.7. The van der Waals surface area contributed by atoms with Gasteiger partial charge in [0, 0.05) is 15.4 Å². The zero-order valence-electron chi connectivity index (χ0n) is 12.1. The largest absolute Gasteiger partial charge is 0.374 e. The van der Waals surface area contributed by atoms with E-state index in [1.54, 1.807) is 0 Å². The lowest BCUT2D eigenvalue weighted by molar-refractivity contribution is 0.0617. The maximum atomic E-state index is 6.10. The van der Waals surface area contributed by atoms with Crippen molar-refractivity contribution in [2.45, 2.75) is 70.7 Å². The molecule has 0 unspecified atom stereocenters. The van der Waals surface area contributed by atoms with Gasteiger partial charge in [0.2, 0.25) is 0 Å². The molecule has 0 aliphatic heterocycles. The van der Waals surface area contributed by atoms with Crippen molar-refractivity contribution < 1.29 is 4.74 Å². The molecule has 1 nitrogen and oxygen atoms in total. The van der Waals surface area contributed by atoms with Crippen LogP contribution in [0.2, 0.25) is 18.1 Å². The first-order valence-electron chi connectivity index (χ1n) is 6.82. The zero-order chi connectivity index (χ0) is 13.3. The number of rotatable bonds is 9. The molecule has 0 aromatic carbocycles. The first-order valence-corrected chi connectivity index (χ1v) is 11.0. The maximum Gasteiger partial charge on any atom is 0.0763 e. The summed E-state index contributed by atoms with van der Waals surface area (Å²) in [6, 6.07) is 0. The predicted molar refractivity (Wildman–Crippen MR) is 90.0 cm³/mol. The van der Waals surface area contributed by atoms with Gasteiger partial charge in [-0.05, 0) is 21.6 Å². The van der Waals surface area contributed by atoms with Gasteiger partial charge in [0.15, 0.2) is 0 Å². The van der Waals surface area contributed by atoms with Crippen LogP contribution in [0.4, 0.5) is 0 Å². The fourth-order valence-corrected chi connectivity index (χ4v) is 2.29. The van der Waals surface area contributed by atoms with E-state index in [1.165, 1.54) is 25.7 Å². The Hall–Kier alpha value is 0.647. The van der Waals surface area contributed by atoms with E-state index in [0.29, 0.717) is 11.1 Å². The van der Waals surface area contributed by atoms with Crippen LogP contribution in [-0.2, 0) is 4.74 Å². The first kappa shape index (κ1) is 17.6. The summed E-state index contributed by atoms with van der Waals surface area (Å²) in [7, 11) is -0.643. The van der Waals surface area contributed by atoms with E-state index in [0.717, 1.165) is 6.61 Å². The first-order chi connectivity index (χ1) is 7.94. The molecule has 0 heterocycles. The van der Waals surface area contributed by atoms with E-state index >= 15 is 0 Å². The van der Waals surface area contributed by atoms with Crippen molar-refractivity contribution in [3.8, 4) is 0 Å². The summed E-state index contributed by atoms with van der Waals surface area (Å²) < 4.78 is 8.19. The molecule has 0 rings (SSSR count). The maximum absolute atomic E-state index is 6.10. The van der Waals surface area contributed by atoms with Crippen LogP contribution in [0.1, 0.15) is 46.5 Å². The van der Waals surface area contributed by atoms with E-state index in [4.69, 9.17) is 4.74 Å². The van der Waals surface area contributed by atoms with Gasteiger partial charge in [0.25, 0.3) is 0 Å². The van der Waals surface area contributed by atoms with Crippen LogP contribution in [0.15, 0.2) is 10.2 Å². The summed E-state index contributed by atoms with van der Waals surface area (Å²) in [5, 5.41) is 0.405. The van der Waals surface area contributed by atoms with Crippen molar-refractivity contribution in [1.29, 1.82) is 0 Å². The van der Waals surface area contributed by atoms with Gasteiger partial charge in [-0.1, -0.05) is 75.7 Å². The fraction of sp³-hybridized carbons (Fsp3) is 0.857. The van der Waals surface area contributed by atoms with Gasteiger partial charge in [0.1, 0.15) is 0 Å². The topological polar surface area (TPSA) is 9.23 Å². The molecule has 0 N–H and O–H groups in total. The lowest BCUT2D eigenvalue weighted by atomic mass is 10.1. The van der Waals surface area contributed by atoms with Crippen LogP contribution in [-0.4, -0.2) is 21.5 Å². The van der Waals surface area contributed by atoms with Crippen molar-refractivity contribution in [2.24, 2.45) is 0 Å². The predicted octanol–water partition coefficient (Wildman–Crippen LogP) is 5.17. The Labute approximate surface area is 123 Å². The molecule has 0 amide bonds. The number of halogens is 1.